The fourth-order valence-corrected chi connectivity index (χ4v) is 2.19. The summed E-state index contributed by atoms with van der Waals surface area (Å²) >= 11 is 0. The van der Waals surface area contributed by atoms with E-state index in [1.807, 2.05) is 18.2 Å². The van der Waals surface area contributed by atoms with Crippen molar-refractivity contribution in [3.8, 4) is 0 Å². The van der Waals surface area contributed by atoms with Crippen LogP contribution >= 0.6 is 0 Å². The number of hydrogen-bond donors (Lipinski definition) is 2. The molecule has 2 atom stereocenters. The molecule has 23 heavy (non-hydrogen) atoms. The van der Waals surface area contributed by atoms with Crippen LogP contribution in [-0.4, -0.2) is 42.2 Å². The van der Waals surface area contributed by atoms with Crippen molar-refractivity contribution in [2.45, 2.75) is 25.5 Å². The number of carbonyl (C=O) groups is 3. The van der Waals surface area contributed by atoms with Crippen LogP contribution in [0.3, 0.4) is 0 Å². The number of hydrogen-bond acceptors (Lipinski definition) is 5. The van der Waals surface area contributed by atoms with Crippen LogP contribution in [0, 0.1) is 5.92 Å². The van der Waals surface area contributed by atoms with Crippen LogP contribution in [0.2, 0.25) is 0 Å². The molecule has 1 heterocycles. The van der Waals surface area contributed by atoms with Crippen LogP contribution in [0.25, 0.3) is 0 Å². The Hall–Kier alpha value is -2.41. The zero-order valence-corrected chi connectivity index (χ0v) is 12.6. The Bertz CT molecular complexity index is 553. The Balaban J connectivity index is 1.82. The highest BCUT2D eigenvalue weighted by molar-refractivity contribution is 5.88. The molecule has 1 aliphatic rings. The highest BCUT2D eigenvalue weighted by Gasteiger charge is 2.29. The quantitative estimate of drug-likeness (QED) is 0.718. The molecule has 0 unspecified atom stereocenters. The van der Waals surface area contributed by atoms with Crippen molar-refractivity contribution in [3.05, 3.63) is 35.9 Å². The van der Waals surface area contributed by atoms with Crippen LogP contribution in [0.5, 0.6) is 0 Å². The number of amides is 1. The standard InChI is InChI=1S/C16H19NO6/c18-14(23-9-11-4-2-1-3-5-11)8-13(16(20)21)17-15(19)12-6-7-22-10-12/h1-5,12-13H,6-10H2,(H,17,19)(H,20,21)/t12-,13-/m0/s1. The summed E-state index contributed by atoms with van der Waals surface area (Å²) in [5, 5.41) is 11.5. The minimum Gasteiger partial charge on any atom is -0.480 e. The molecule has 1 amide bonds. The molecule has 2 N–H and O–H groups in total. The van der Waals surface area contributed by atoms with E-state index in [-0.39, 0.29) is 19.1 Å². The van der Waals surface area contributed by atoms with Gasteiger partial charge in [-0.05, 0) is 12.0 Å². The first-order valence-electron chi connectivity index (χ1n) is 7.36. The van der Waals surface area contributed by atoms with Crippen LogP contribution in [0.15, 0.2) is 30.3 Å². The summed E-state index contributed by atoms with van der Waals surface area (Å²) in [6.45, 7) is 0.821. The summed E-state index contributed by atoms with van der Waals surface area (Å²) in [5.41, 5.74) is 0.805. The zero-order chi connectivity index (χ0) is 16.7. The molecule has 0 bridgehead atoms. The Morgan fingerprint density at radius 3 is 2.65 bits per heavy atom. The maximum absolute atomic E-state index is 11.9. The van der Waals surface area contributed by atoms with Crippen LogP contribution in [0.4, 0.5) is 0 Å². The second-order valence-electron chi connectivity index (χ2n) is 5.31. The van der Waals surface area contributed by atoms with Crippen molar-refractivity contribution in [1.29, 1.82) is 0 Å². The van der Waals surface area contributed by atoms with E-state index in [0.717, 1.165) is 5.56 Å². The molecule has 0 radical (unpaired) electrons. The molecule has 0 spiro atoms. The molecule has 1 aromatic carbocycles. The normalized spacial score (nSPS) is 18.2. The number of nitrogens with one attached hydrogen (secondary N) is 1. The van der Waals surface area contributed by atoms with Gasteiger partial charge in [0, 0.05) is 6.61 Å². The molecular formula is C16H19NO6. The molecule has 2 rings (SSSR count). The van der Waals surface area contributed by atoms with Gasteiger partial charge in [-0.2, -0.15) is 0 Å². The molecule has 1 fully saturated rings. The zero-order valence-electron chi connectivity index (χ0n) is 12.6. The minimum atomic E-state index is -1.30. The van der Waals surface area contributed by atoms with Gasteiger partial charge in [0.25, 0.3) is 0 Å². The second-order valence-corrected chi connectivity index (χ2v) is 5.31. The summed E-state index contributed by atoms with van der Waals surface area (Å²) in [5.74, 6) is -2.72. The predicted molar refractivity (Wildman–Crippen MR) is 79.3 cm³/mol. The topological polar surface area (TPSA) is 102 Å². The van der Waals surface area contributed by atoms with Gasteiger partial charge in [-0.25, -0.2) is 4.79 Å². The number of carboxylic acid groups (broad SMARTS) is 1. The van der Waals surface area contributed by atoms with E-state index in [0.29, 0.717) is 13.0 Å². The molecule has 124 valence electrons. The van der Waals surface area contributed by atoms with Gasteiger partial charge >= 0.3 is 11.9 Å². The number of benzene rings is 1. The second kappa shape index (κ2) is 8.28. The number of carbonyl (C=O) groups excluding carboxylic acids is 2. The average Bonchev–Trinajstić information content (AvgIpc) is 3.07. The Kier molecular flexibility index (Phi) is 6.10. The minimum absolute atomic E-state index is 0.0659. The summed E-state index contributed by atoms with van der Waals surface area (Å²) in [4.78, 5) is 34.9. The van der Waals surface area contributed by atoms with Gasteiger partial charge in [0.1, 0.15) is 12.6 Å². The molecule has 0 aliphatic carbocycles. The summed E-state index contributed by atoms with van der Waals surface area (Å²) in [6, 6.07) is 7.76. The van der Waals surface area contributed by atoms with Crippen molar-refractivity contribution in [1.82, 2.24) is 5.32 Å². The smallest absolute Gasteiger partial charge is 0.326 e. The van der Waals surface area contributed by atoms with Crippen LogP contribution < -0.4 is 5.32 Å². The van der Waals surface area contributed by atoms with Gasteiger partial charge in [-0.1, -0.05) is 30.3 Å². The Labute approximate surface area is 133 Å². The van der Waals surface area contributed by atoms with E-state index in [2.05, 4.69) is 5.32 Å². The molecule has 7 nitrogen and oxygen atoms in total. The van der Waals surface area contributed by atoms with E-state index < -0.39 is 30.3 Å². The maximum atomic E-state index is 11.9. The molecule has 1 saturated heterocycles. The van der Waals surface area contributed by atoms with Crippen molar-refractivity contribution in [2.75, 3.05) is 13.2 Å². The third kappa shape index (κ3) is 5.37. The van der Waals surface area contributed by atoms with Gasteiger partial charge in [0.05, 0.1) is 18.9 Å². The Morgan fingerprint density at radius 1 is 1.30 bits per heavy atom. The third-order valence-electron chi connectivity index (χ3n) is 3.53. The lowest BCUT2D eigenvalue weighted by Gasteiger charge is -2.16. The lowest BCUT2D eigenvalue weighted by molar-refractivity contribution is -0.151. The molecular weight excluding hydrogens is 302 g/mol. The molecule has 7 heteroatoms. The molecule has 0 aromatic heterocycles. The van der Waals surface area contributed by atoms with Crippen molar-refractivity contribution < 1.29 is 29.0 Å². The lowest BCUT2D eigenvalue weighted by atomic mass is 10.1. The van der Waals surface area contributed by atoms with E-state index in [1.165, 1.54) is 0 Å². The van der Waals surface area contributed by atoms with Gasteiger partial charge in [0.15, 0.2) is 0 Å². The fourth-order valence-electron chi connectivity index (χ4n) is 2.19. The average molecular weight is 321 g/mol. The molecule has 0 saturated carbocycles. The van der Waals surface area contributed by atoms with E-state index in [4.69, 9.17) is 14.6 Å². The van der Waals surface area contributed by atoms with Crippen molar-refractivity contribution in [3.63, 3.8) is 0 Å². The van der Waals surface area contributed by atoms with E-state index >= 15 is 0 Å². The van der Waals surface area contributed by atoms with E-state index in [1.54, 1.807) is 12.1 Å². The van der Waals surface area contributed by atoms with Gasteiger partial charge < -0.3 is 19.9 Å². The SMILES string of the molecule is O=C(C[C@H](NC(=O)[C@H]1CCOC1)C(=O)O)OCc1ccccc1. The number of ether oxygens (including phenoxy) is 2. The van der Waals surface area contributed by atoms with E-state index in [9.17, 15) is 14.4 Å². The highest BCUT2D eigenvalue weighted by Crippen LogP contribution is 2.13. The highest BCUT2D eigenvalue weighted by atomic mass is 16.5. The van der Waals surface area contributed by atoms with Crippen molar-refractivity contribution in [2.24, 2.45) is 5.92 Å². The molecule has 1 aromatic rings. The monoisotopic (exact) mass is 321 g/mol. The first-order chi connectivity index (χ1) is 11.1. The fraction of sp³-hybridized carbons (Fsp3) is 0.438. The number of esters is 1. The first kappa shape index (κ1) is 17.0. The number of carboxylic acids is 1. The van der Waals surface area contributed by atoms with Crippen LogP contribution in [0.1, 0.15) is 18.4 Å². The first-order valence-corrected chi connectivity index (χ1v) is 7.36. The lowest BCUT2D eigenvalue weighted by Crippen LogP contribution is -2.45. The van der Waals surface area contributed by atoms with Crippen molar-refractivity contribution >= 4 is 17.8 Å². The maximum Gasteiger partial charge on any atom is 0.326 e. The summed E-state index contributed by atoms with van der Waals surface area (Å²) < 4.78 is 10.1. The largest absolute Gasteiger partial charge is 0.480 e. The van der Waals surface area contributed by atoms with Crippen LogP contribution in [-0.2, 0) is 30.5 Å². The van der Waals surface area contributed by atoms with Gasteiger partial charge in [0.2, 0.25) is 5.91 Å². The Morgan fingerprint density at radius 2 is 2.04 bits per heavy atom. The number of rotatable bonds is 7. The van der Waals surface area contributed by atoms with Gasteiger partial charge in [-0.3, -0.25) is 9.59 Å². The predicted octanol–water partition coefficient (Wildman–Crippen LogP) is 0.726. The molecule has 1 aliphatic heterocycles. The number of aliphatic carboxylic acids is 1. The summed E-state index contributed by atoms with van der Waals surface area (Å²) in [6.07, 6.45) is 0.137. The summed E-state index contributed by atoms with van der Waals surface area (Å²) in [7, 11) is 0. The third-order valence-corrected chi connectivity index (χ3v) is 3.53. The van der Waals surface area contributed by atoms with Gasteiger partial charge in [-0.15, -0.1) is 0 Å².